The molecule has 0 radical (unpaired) electrons. The SMILES string of the molecule is CCCP(C)(=O)Oc1ccccc1C. The Kier molecular flexibility index (Phi) is 3.77. The van der Waals surface area contributed by atoms with Gasteiger partial charge >= 0.3 is 0 Å². The van der Waals surface area contributed by atoms with Crippen molar-refractivity contribution in [3.05, 3.63) is 29.8 Å². The third-order valence-electron chi connectivity index (χ3n) is 2.01. The van der Waals surface area contributed by atoms with Crippen molar-refractivity contribution in [3.8, 4) is 5.75 Å². The number of hydrogen-bond donors (Lipinski definition) is 0. The second kappa shape index (κ2) is 4.65. The van der Waals surface area contributed by atoms with E-state index >= 15 is 0 Å². The Morgan fingerprint density at radius 1 is 1.36 bits per heavy atom. The average molecular weight is 212 g/mol. The molecule has 0 aliphatic carbocycles. The lowest BCUT2D eigenvalue weighted by Crippen LogP contribution is -1.96. The van der Waals surface area contributed by atoms with Crippen LogP contribution in [0.15, 0.2) is 24.3 Å². The molecule has 2 nitrogen and oxygen atoms in total. The molecule has 3 heteroatoms. The summed E-state index contributed by atoms with van der Waals surface area (Å²) in [5.74, 6) is 0.742. The highest BCUT2D eigenvalue weighted by atomic mass is 31.2. The first-order valence-corrected chi connectivity index (χ1v) is 7.12. The molecular formula is C11H17O2P. The van der Waals surface area contributed by atoms with Crippen molar-refractivity contribution in [1.29, 1.82) is 0 Å². The molecule has 0 aromatic heterocycles. The van der Waals surface area contributed by atoms with Crippen LogP contribution < -0.4 is 4.52 Å². The van der Waals surface area contributed by atoms with E-state index in [2.05, 4.69) is 0 Å². The highest BCUT2D eigenvalue weighted by molar-refractivity contribution is 7.58. The van der Waals surface area contributed by atoms with Gasteiger partial charge in [0.1, 0.15) is 5.75 Å². The molecule has 0 saturated heterocycles. The zero-order chi connectivity index (χ0) is 10.6. The fraction of sp³-hybridized carbons (Fsp3) is 0.455. The van der Waals surface area contributed by atoms with Gasteiger partial charge < -0.3 is 4.52 Å². The molecule has 0 spiro atoms. The van der Waals surface area contributed by atoms with Crippen LogP contribution in [0, 0.1) is 6.92 Å². The lowest BCUT2D eigenvalue weighted by molar-refractivity contribution is 0.485. The maximum atomic E-state index is 11.9. The van der Waals surface area contributed by atoms with Gasteiger partial charge in [-0.25, -0.2) is 0 Å². The standard InChI is InChI=1S/C11H17O2P/c1-4-9-14(3,12)13-11-8-6-5-7-10(11)2/h5-8H,4,9H2,1-3H3. The molecule has 1 unspecified atom stereocenters. The van der Waals surface area contributed by atoms with Crippen LogP contribution in [0.25, 0.3) is 0 Å². The topological polar surface area (TPSA) is 26.3 Å². The van der Waals surface area contributed by atoms with Gasteiger partial charge in [0.05, 0.1) is 0 Å². The minimum atomic E-state index is -2.44. The lowest BCUT2D eigenvalue weighted by Gasteiger charge is -2.15. The highest BCUT2D eigenvalue weighted by Crippen LogP contribution is 2.44. The van der Waals surface area contributed by atoms with Crippen molar-refractivity contribution in [3.63, 3.8) is 0 Å². The summed E-state index contributed by atoms with van der Waals surface area (Å²) in [5, 5.41) is 0. The van der Waals surface area contributed by atoms with E-state index in [0.717, 1.165) is 17.7 Å². The Bertz CT molecular complexity index is 347. The van der Waals surface area contributed by atoms with Crippen LogP contribution in [0.1, 0.15) is 18.9 Å². The van der Waals surface area contributed by atoms with E-state index in [9.17, 15) is 4.57 Å². The second-order valence-electron chi connectivity index (χ2n) is 3.59. The molecule has 78 valence electrons. The molecule has 0 bridgehead atoms. The van der Waals surface area contributed by atoms with Crippen LogP contribution in [0.4, 0.5) is 0 Å². The largest absolute Gasteiger partial charge is 0.443 e. The zero-order valence-electron chi connectivity index (χ0n) is 8.99. The van der Waals surface area contributed by atoms with Gasteiger partial charge in [-0.15, -0.1) is 0 Å². The van der Waals surface area contributed by atoms with Gasteiger partial charge in [0.15, 0.2) is 0 Å². The van der Waals surface area contributed by atoms with Gasteiger partial charge in [-0.1, -0.05) is 25.1 Å². The van der Waals surface area contributed by atoms with Crippen LogP contribution >= 0.6 is 7.37 Å². The van der Waals surface area contributed by atoms with E-state index in [0.29, 0.717) is 6.16 Å². The third kappa shape index (κ3) is 3.19. The van der Waals surface area contributed by atoms with Gasteiger partial charge in [0.25, 0.3) is 0 Å². The van der Waals surface area contributed by atoms with Crippen LogP contribution in [0.5, 0.6) is 5.75 Å². The zero-order valence-corrected chi connectivity index (χ0v) is 9.88. The summed E-state index contributed by atoms with van der Waals surface area (Å²) in [6.07, 6.45) is 1.53. The monoisotopic (exact) mass is 212 g/mol. The quantitative estimate of drug-likeness (QED) is 0.711. The Morgan fingerprint density at radius 3 is 2.57 bits per heavy atom. The Labute approximate surface area is 85.7 Å². The first kappa shape index (κ1) is 11.3. The van der Waals surface area contributed by atoms with Crippen molar-refractivity contribution in [2.24, 2.45) is 0 Å². The number of hydrogen-bond acceptors (Lipinski definition) is 2. The summed E-state index contributed by atoms with van der Waals surface area (Å²) in [6, 6.07) is 7.67. The predicted molar refractivity (Wildman–Crippen MR) is 60.5 cm³/mol. The fourth-order valence-corrected chi connectivity index (χ4v) is 2.84. The lowest BCUT2D eigenvalue weighted by atomic mass is 10.2. The highest BCUT2D eigenvalue weighted by Gasteiger charge is 2.16. The Balaban J connectivity index is 2.78. The van der Waals surface area contributed by atoms with E-state index < -0.39 is 7.37 Å². The smallest absolute Gasteiger partial charge is 0.244 e. The van der Waals surface area contributed by atoms with E-state index in [1.54, 1.807) is 6.66 Å². The molecule has 0 saturated carbocycles. The molecule has 0 aliphatic rings. The van der Waals surface area contributed by atoms with Crippen molar-refractivity contribution in [1.82, 2.24) is 0 Å². The number of aryl methyl sites for hydroxylation is 1. The minimum absolute atomic E-state index is 0.640. The summed E-state index contributed by atoms with van der Waals surface area (Å²) < 4.78 is 17.4. The summed E-state index contributed by atoms with van der Waals surface area (Å²) in [4.78, 5) is 0. The van der Waals surface area contributed by atoms with Gasteiger partial charge in [-0.05, 0) is 25.0 Å². The van der Waals surface area contributed by atoms with E-state index in [1.807, 2.05) is 38.1 Å². The van der Waals surface area contributed by atoms with Crippen molar-refractivity contribution in [2.45, 2.75) is 20.3 Å². The van der Waals surface area contributed by atoms with E-state index in [4.69, 9.17) is 4.52 Å². The van der Waals surface area contributed by atoms with E-state index in [1.165, 1.54) is 0 Å². The number of para-hydroxylation sites is 1. The molecule has 0 heterocycles. The maximum absolute atomic E-state index is 11.9. The molecule has 1 aromatic carbocycles. The first-order valence-electron chi connectivity index (χ1n) is 4.87. The normalized spacial score (nSPS) is 14.8. The summed E-state index contributed by atoms with van der Waals surface area (Å²) in [5.41, 5.74) is 1.03. The molecule has 14 heavy (non-hydrogen) atoms. The number of benzene rings is 1. The van der Waals surface area contributed by atoms with Gasteiger partial charge in [0.2, 0.25) is 7.37 Å². The summed E-state index contributed by atoms with van der Waals surface area (Å²) in [6.45, 7) is 5.67. The van der Waals surface area contributed by atoms with Crippen LogP contribution in [0.3, 0.4) is 0 Å². The van der Waals surface area contributed by atoms with Crippen LogP contribution in [-0.4, -0.2) is 12.8 Å². The molecular weight excluding hydrogens is 195 g/mol. The molecule has 1 aromatic rings. The summed E-state index contributed by atoms with van der Waals surface area (Å²) >= 11 is 0. The Morgan fingerprint density at radius 2 is 2.00 bits per heavy atom. The fourth-order valence-electron chi connectivity index (χ4n) is 1.32. The first-order chi connectivity index (χ1) is 6.55. The molecule has 1 atom stereocenters. The van der Waals surface area contributed by atoms with E-state index in [-0.39, 0.29) is 0 Å². The number of rotatable bonds is 4. The summed E-state index contributed by atoms with van der Waals surface area (Å²) in [7, 11) is -2.44. The van der Waals surface area contributed by atoms with Crippen molar-refractivity contribution in [2.75, 3.05) is 12.8 Å². The Hall–Kier alpha value is -0.750. The van der Waals surface area contributed by atoms with Gasteiger partial charge in [-0.3, -0.25) is 4.57 Å². The average Bonchev–Trinajstić information content (AvgIpc) is 2.08. The molecule has 1 rings (SSSR count). The van der Waals surface area contributed by atoms with Gasteiger partial charge in [-0.2, -0.15) is 0 Å². The minimum Gasteiger partial charge on any atom is -0.443 e. The third-order valence-corrected chi connectivity index (χ3v) is 3.86. The van der Waals surface area contributed by atoms with Gasteiger partial charge in [0, 0.05) is 12.8 Å². The van der Waals surface area contributed by atoms with Crippen LogP contribution in [0.2, 0.25) is 0 Å². The van der Waals surface area contributed by atoms with Crippen LogP contribution in [-0.2, 0) is 4.57 Å². The maximum Gasteiger partial charge on any atom is 0.244 e. The molecule has 0 amide bonds. The predicted octanol–water partition coefficient (Wildman–Crippen LogP) is 3.69. The second-order valence-corrected chi connectivity index (χ2v) is 6.25. The molecule has 0 fully saturated rings. The molecule has 0 N–H and O–H groups in total. The van der Waals surface area contributed by atoms with Crippen molar-refractivity contribution < 1.29 is 9.09 Å². The van der Waals surface area contributed by atoms with Crippen molar-refractivity contribution >= 4 is 7.37 Å². The molecule has 0 aliphatic heterocycles.